The Morgan fingerprint density at radius 2 is 2.15 bits per heavy atom. The van der Waals surface area contributed by atoms with Gasteiger partial charge in [-0.2, -0.15) is 0 Å². The SMILES string of the molecule is CCC(C=O)=Cc1ccccc1Cl. The maximum atomic E-state index is 10.5. The van der Waals surface area contributed by atoms with Crippen molar-refractivity contribution in [2.24, 2.45) is 0 Å². The minimum absolute atomic E-state index is 0.676. The molecule has 0 radical (unpaired) electrons. The molecule has 0 saturated heterocycles. The van der Waals surface area contributed by atoms with Gasteiger partial charge < -0.3 is 0 Å². The molecule has 0 N–H and O–H groups in total. The molecule has 0 aliphatic carbocycles. The van der Waals surface area contributed by atoms with E-state index >= 15 is 0 Å². The molecule has 0 atom stereocenters. The Morgan fingerprint density at radius 1 is 1.46 bits per heavy atom. The minimum Gasteiger partial charge on any atom is -0.298 e. The van der Waals surface area contributed by atoms with Gasteiger partial charge in [0.2, 0.25) is 0 Å². The van der Waals surface area contributed by atoms with E-state index in [-0.39, 0.29) is 0 Å². The van der Waals surface area contributed by atoms with Gasteiger partial charge >= 0.3 is 0 Å². The van der Waals surface area contributed by atoms with Crippen LogP contribution in [0, 0.1) is 0 Å². The Kier molecular flexibility index (Phi) is 3.71. The standard InChI is InChI=1S/C11H11ClO/c1-2-9(8-13)7-10-5-3-4-6-11(10)12/h3-8H,2H2,1H3. The van der Waals surface area contributed by atoms with Gasteiger partial charge in [0.1, 0.15) is 6.29 Å². The number of hydrogen-bond donors (Lipinski definition) is 0. The molecule has 1 nitrogen and oxygen atoms in total. The molecule has 0 spiro atoms. The molecule has 2 heteroatoms. The highest BCUT2D eigenvalue weighted by molar-refractivity contribution is 6.32. The monoisotopic (exact) mass is 194 g/mol. The topological polar surface area (TPSA) is 17.1 Å². The van der Waals surface area contributed by atoms with Gasteiger partial charge in [0.15, 0.2) is 0 Å². The Hall–Kier alpha value is -1.08. The van der Waals surface area contributed by atoms with Crippen LogP contribution in [-0.2, 0) is 4.79 Å². The van der Waals surface area contributed by atoms with Crippen LogP contribution in [0.1, 0.15) is 18.9 Å². The lowest BCUT2D eigenvalue weighted by atomic mass is 10.1. The van der Waals surface area contributed by atoms with E-state index in [1.165, 1.54) is 0 Å². The highest BCUT2D eigenvalue weighted by atomic mass is 35.5. The summed E-state index contributed by atoms with van der Waals surface area (Å²) in [4.78, 5) is 10.5. The van der Waals surface area contributed by atoms with Crippen molar-refractivity contribution in [1.82, 2.24) is 0 Å². The third kappa shape index (κ3) is 2.71. The van der Waals surface area contributed by atoms with Crippen molar-refractivity contribution in [2.75, 3.05) is 0 Å². The van der Waals surface area contributed by atoms with Gasteiger partial charge in [-0.25, -0.2) is 0 Å². The number of aldehydes is 1. The maximum absolute atomic E-state index is 10.5. The van der Waals surface area contributed by atoms with E-state index in [0.717, 1.165) is 23.8 Å². The van der Waals surface area contributed by atoms with E-state index in [0.29, 0.717) is 5.02 Å². The molecule has 1 aromatic rings. The molecule has 1 rings (SSSR count). The van der Waals surface area contributed by atoms with Gasteiger partial charge in [0.25, 0.3) is 0 Å². The molecule has 0 saturated carbocycles. The fraction of sp³-hybridized carbons (Fsp3) is 0.182. The summed E-state index contributed by atoms with van der Waals surface area (Å²) in [5.41, 5.74) is 1.65. The quantitative estimate of drug-likeness (QED) is 0.533. The highest BCUT2D eigenvalue weighted by Gasteiger charge is 1.96. The van der Waals surface area contributed by atoms with E-state index in [4.69, 9.17) is 11.6 Å². The van der Waals surface area contributed by atoms with Crippen molar-refractivity contribution in [3.8, 4) is 0 Å². The van der Waals surface area contributed by atoms with Crippen LogP contribution in [0.15, 0.2) is 29.8 Å². The molecule has 0 fully saturated rings. The van der Waals surface area contributed by atoms with E-state index in [1.54, 1.807) is 0 Å². The molecule has 0 aliphatic rings. The third-order valence-corrected chi connectivity index (χ3v) is 2.15. The minimum atomic E-state index is 0.676. The van der Waals surface area contributed by atoms with Crippen molar-refractivity contribution >= 4 is 24.0 Å². The van der Waals surface area contributed by atoms with Crippen LogP contribution in [0.4, 0.5) is 0 Å². The summed E-state index contributed by atoms with van der Waals surface area (Å²) < 4.78 is 0. The second-order valence-electron chi connectivity index (χ2n) is 2.71. The number of rotatable bonds is 3. The number of carbonyl (C=O) groups is 1. The molecule has 0 aromatic heterocycles. The first-order valence-electron chi connectivity index (χ1n) is 4.18. The van der Waals surface area contributed by atoms with Gasteiger partial charge in [0.05, 0.1) is 0 Å². The number of halogens is 1. The molecule has 68 valence electrons. The van der Waals surface area contributed by atoms with Gasteiger partial charge in [-0.1, -0.05) is 36.7 Å². The molecule has 0 heterocycles. The zero-order valence-corrected chi connectivity index (χ0v) is 8.21. The number of allylic oxidation sites excluding steroid dienone is 1. The van der Waals surface area contributed by atoms with Crippen molar-refractivity contribution in [3.63, 3.8) is 0 Å². The Balaban J connectivity index is 3.02. The summed E-state index contributed by atoms with van der Waals surface area (Å²) in [5, 5.41) is 0.676. The summed E-state index contributed by atoms with van der Waals surface area (Å²) in [6, 6.07) is 7.47. The fourth-order valence-corrected chi connectivity index (χ4v) is 1.20. The Bertz CT molecular complexity index is 329. The molecule has 13 heavy (non-hydrogen) atoms. The van der Waals surface area contributed by atoms with Gasteiger partial charge in [-0.05, 0) is 29.7 Å². The zero-order valence-electron chi connectivity index (χ0n) is 7.46. The number of benzene rings is 1. The first-order chi connectivity index (χ1) is 6.27. The smallest absolute Gasteiger partial charge is 0.146 e. The highest BCUT2D eigenvalue weighted by Crippen LogP contribution is 2.18. The van der Waals surface area contributed by atoms with Gasteiger partial charge in [-0.15, -0.1) is 0 Å². The fourth-order valence-electron chi connectivity index (χ4n) is 1.01. The first kappa shape index (κ1) is 10.0. The summed E-state index contributed by atoms with van der Waals surface area (Å²) in [7, 11) is 0. The van der Waals surface area contributed by atoms with Gasteiger partial charge in [-0.3, -0.25) is 4.79 Å². The molecule has 1 aromatic carbocycles. The average Bonchev–Trinajstić information content (AvgIpc) is 2.17. The van der Waals surface area contributed by atoms with Crippen LogP contribution in [0.25, 0.3) is 6.08 Å². The van der Waals surface area contributed by atoms with E-state index in [2.05, 4.69) is 0 Å². The second-order valence-corrected chi connectivity index (χ2v) is 3.12. The predicted molar refractivity (Wildman–Crippen MR) is 55.8 cm³/mol. The largest absolute Gasteiger partial charge is 0.298 e. The van der Waals surface area contributed by atoms with E-state index < -0.39 is 0 Å². The Morgan fingerprint density at radius 3 is 2.69 bits per heavy atom. The van der Waals surface area contributed by atoms with Crippen LogP contribution in [-0.4, -0.2) is 6.29 Å². The second kappa shape index (κ2) is 4.83. The summed E-state index contributed by atoms with van der Waals surface area (Å²) in [6.45, 7) is 1.94. The van der Waals surface area contributed by atoms with Crippen LogP contribution in [0.2, 0.25) is 5.02 Å². The van der Waals surface area contributed by atoms with Crippen LogP contribution in [0.5, 0.6) is 0 Å². The lowest BCUT2D eigenvalue weighted by Gasteiger charge is -1.98. The van der Waals surface area contributed by atoms with E-state index in [1.807, 2.05) is 37.3 Å². The van der Waals surface area contributed by atoms with Crippen molar-refractivity contribution in [3.05, 3.63) is 40.4 Å². The summed E-state index contributed by atoms with van der Waals surface area (Å²) in [6.07, 6.45) is 3.41. The number of carbonyl (C=O) groups excluding carboxylic acids is 1. The molecular weight excluding hydrogens is 184 g/mol. The molecule has 0 unspecified atom stereocenters. The first-order valence-corrected chi connectivity index (χ1v) is 4.56. The third-order valence-electron chi connectivity index (χ3n) is 1.81. The summed E-state index contributed by atoms with van der Waals surface area (Å²) >= 11 is 5.92. The lowest BCUT2D eigenvalue weighted by Crippen LogP contribution is -1.82. The maximum Gasteiger partial charge on any atom is 0.146 e. The average molecular weight is 195 g/mol. The van der Waals surface area contributed by atoms with Crippen molar-refractivity contribution < 1.29 is 4.79 Å². The van der Waals surface area contributed by atoms with E-state index in [9.17, 15) is 4.79 Å². The molecule has 0 amide bonds. The summed E-state index contributed by atoms with van der Waals surface area (Å²) in [5.74, 6) is 0. The molecule has 0 bridgehead atoms. The van der Waals surface area contributed by atoms with Crippen LogP contribution in [0.3, 0.4) is 0 Å². The Labute approximate surface area is 83.0 Å². The lowest BCUT2D eigenvalue weighted by molar-refractivity contribution is -0.104. The van der Waals surface area contributed by atoms with Gasteiger partial charge in [0, 0.05) is 5.02 Å². The van der Waals surface area contributed by atoms with Crippen LogP contribution >= 0.6 is 11.6 Å². The van der Waals surface area contributed by atoms with Crippen molar-refractivity contribution in [2.45, 2.75) is 13.3 Å². The molecule has 0 aliphatic heterocycles. The zero-order chi connectivity index (χ0) is 9.68. The van der Waals surface area contributed by atoms with Crippen molar-refractivity contribution in [1.29, 1.82) is 0 Å². The normalized spacial score (nSPS) is 11.4. The predicted octanol–water partition coefficient (Wildman–Crippen LogP) is 3.33. The molecular formula is C11H11ClO. The van der Waals surface area contributed by atoms with Crippen LogP contribution < -0.4 is 0 Å². The number of hydrogen-bond acceptors (Lipinski definition) is 1.